The third-order valence-electron chi connectivity index (χ3n) is 3.28. The van der Waals surface area contributed by atoms with Gasteiger partial charge in [0.15, 0.2) is 0 Å². The molecule has 0 atom stereocenters. The predicted octanol–water partition coefficient (Wildman–Crippen LogP) is 4.49. The molecule has 102 valence electrons. The van der Waals surface area contributed by atoms with Gasteiger partial charge in [-0.25, -0.2) is 4.98 Å². The standard InChI is InChI=1S/C16H17N3S/c1-3-11-5-4-6-12(7-11)19-14-9-15-16(8-13(14)17)20-10(2)18-15/h4-9,19H,3,17H2,1-2H3. The normalized spacial score (nSPS) is 10.9. The van der Waals surface area contributed by atoms with Crippen LogP contribution in [-0.2, 0) is 6.42 Å². The lowest BCUT2D eigenvalue weighted by Gasteiger charge is -2.10. The lowest BCUT2D eigenvalue weighted by Crippen LogP contribution is -1.96. The zero-order chi connectivity index (χ0) is 14.1. The first-order valence-corrected chi connectivity index (χ1v) is 7.50. The van der Waals surface area contributed by atoms with Gasteiger partial charge in [-0.3, -0.25) is 0 Å². The van der Waals surface area contributed by atoms with E-state index in [1.807, 2.05) is 19.1 Å². The number of nitrogen functional groups attached to an aromatic ring is 1. The molecule has 20 heavy (non-hydrogen) atoms. The summed E-state index contributed by atoms with van der Waals surface area (Å²) >= 11 is 1.67. The molecule has 0 unspecified atom stereocenters. The monoisotopic (exact) mass is 283 g/mol. The van der Waals surface area contributed by atoms with Crippen molar-refractivity contribution in [1.29, 1.82) is 0 Å². The Hall–Kier alpha value is -2.07. The minimum Gasteiger partial charge on any atom is -0.397 e. The highest BCUT2D eigenvalue weighted by molar-refractivity contribution is 7.18. The van der Waals surface area contributed by atoms with E-state index in [-0.39, 0.29) is 0 Å². The summed E-state index contributed by atoms with van der Waals surface area (Å²) in [5, 5.41) is 4.45. The Labute approximate surface area is 122 Å². The number of hydrogen-bond acceptors (Lipinski definition) is 4. The van der Waals surface area contributed by atoms with Crippen molar-refractivity contribution in [3.05, 3.63) is 47.0 Å². The lowest BCUT2D eigenvalue weighted by atomic mass is 10.1. The average molecular weight is 283 g/mol. The van der Waals surface area contributed by atoms with Crippen molar-refractivity contribution in [3.63, 3.8) is 0 Å². The fraction of sp³-hybridized carbons (Fsp3) is 0.188. The maximum atomic E-state index is 6.13. The van der Waals surface area contributed by atoms with Crippen LogP contribution < -0.4 is 11.1 Å². The van der Waals surface area contributed by atoms with E-state index in [1.54, 1.807) is 11.3 Å². The lowest BCUT2D eigenvalue weighted by molar-refractivity contribution is 1.14. The Kier molecular flexibility index (Phi) is 3.32. The highest BCUT2D eigenvalue weighted by Crippen LogP contribution is 2.31. The molecule has 1 heterocycles. The number of nitrogens with zero attached hydrogens (tertiary/aromatic N) is 1. The molecule has 0 fully saturated rings. The summed E-state index contributed by atoms with van der Waals surface area (Å²) in [6.45, 7) is 4.16. The maximum absolute atomic E-state index is 6.13. The minimum absolute atomic E-state index is 0.753. The number of aromatic nitrogens is 1. The van der Waals surface area contributed by atoms with E-state index in [4.69, 9.17) is 5.73 Å². The Morgan fingerprint density at radius 2 is 2.10 bits per heavy atom. The van der Waals surface area contributed by atoms with Crippen molar-refractivity contribution in [2.45, 2.75) is 20.3 Å². The van der Waals surface area contributed by atoms with Crippen molar-refractivity contribution in [1.82, 2.24) is 4.98 Å². The van der Waals surface area contributed by atoms with Crippen LogP contribution in [0, 0.1) is 6.92 Å². The van der Waals surface area contributed by atoms with Gasteiger partial charge >= 0.3 is 0 Å². The minimum atomic E-state index is 0.753. The Balaban J connectivity index is 1.98. The van der Waals surface area contributed by atoms with Crippen LogP contribution in [0.5, 0.6) is 0 Å². The van der Waals surface area contributed by atoms with Crippen molar-refractivity contribution in [3.8, 4) is 0 Å². The molecule has 0 amide bonds. The van der Waals surface area contributed by atoms with Gasteiger partial charge in [0.25, 0.3) is 0 Å². The van der Waals surface area contributed by atoms with E-state index in [0.29, 0.717) is 0 Å². The molecule has 0 aliphatic heterocycles. The van der Waals surface area contributed by atoms with Gasteiger partial charge in [0.2, 0.25) is 0 Å². The van der Waals surface area contributed by atoms with Crippen LogP contribution in [0.15, 0.2) is 36.4 Å². The summed E-state index contributed by atoms with van der Waals surface area (Å²) in [7, 11) is 0. The van der Waals surface area contributed by atoms with Crippen LogP contribution in [0.1, 0.15) is 17.5 Å². The van der Waals surface area contributed by atoms with Crippen molar-refractivity contribution >= 4 is 38.6 Å². The van der Waals surface area contributed by atoms with Crippen LogP contribution in [0.4, 0.5) is 17.1 Å². The molecule has 4 heteroatoms. The van der Waals surface area contributed by atoms with Crippen molar-refractivity contribution < 1.29 is 0 Å². The van der Waals surface area contributed by atoms with Crippen LogP contribution in [0.3, 0.4) is 0 Å². The third kappa shape index (κ3) is 2.47. The van der Waals surface area contributed by atoms with Gasteiger partial charge in [0.05, 0.1) is 26.6 Å². The SMILES string of the molecule is CCc1cccc(Nc2cc3nc(C)sc3cc2N)c1. The molecule has 0 spiro atoms. The van der Waals surface area contributed by atoms with E-state index in [0.717, 1.165) is 38.7 Å². The molecule has 0 saturated carbocycles. The zero-order valence-corrected chi connectivity index (χ0v) is 12.4. The summed E-state index contributed by atoms with van der Waals surface area (Å²) in [6.07, 6.45) is 1.02. The number of nitrogens with two attached hydrogens (primary N) is 1. The number of rotatable bonds is 3. The second-order valence-corrected chi connectivity index (χ2v) is 6.05. The zero-order valence-electron chi connectivity index (χ0n) is 11.6. The molecule has 0 aliphatic carbocycles. The molecule has 3 N–H and O–H groups in total. The largest absolute Gasteiger partial charge is 0.397 e. The van der Waals surface area contributed by atoms with E-state index in [1.165, 1.54) is 5.56 Å². The number of nitrogens with one attached hydrogen (secondary N) is 1. The number of thiazole rings is 1. The first-order valence-electron chi connectivity index (χ1n) is 6.68. The molecule has 2 aromatic carbocycles. The summed E-state index contributed by atoms with van der Waals surface area (Å²) in [5.74, 6) is 0. The van der Waals surface area contributed by atoms with Crippen molar-refractivity contribution in [2.24, 2.45) is 0 Å². The first kappa shape index (κ1) is 12.9. The Bertz CT molecular complexity index is 762. The fourth-order valence-electron chi connectivity index (χ4n) is 2.24. The van der Waals surface area contributed by atoms with Gasteiger partial charge in [-0.2, -0.15) is 0 Å². The predicted molar refractivity (Wildman–Crippen MR) is 87.9 cm³/mol. The summed E-state index contributed by atoms with van der Waals surface area (Å²) in [6, 6.07) is 12.4. The maximum Gasteiger partial charge on any atom is 0.0907 e. The molecule has 3 rings (SSSR count). The number of anilines is 3. The smallest absolute Gasteiger partial charge is 0.0907 e. The molecule has 0 saturated heterocycles. The number of aryl methyl sites for hydroxylation is 2. The van der Waals surface area contributed by atoms with E-state index in [9.17, 15) is 0 Å². The second-order valence-electron chi connectivity index (χ2n) is 4.82. The van der Waals surface area contributed by atoms with Crippen LogP contribution >= 0.6 is 11.3 Å². The topological polar surface area (TPSA) is 50.9 Å². The van der Waals surface area contributed by atoms with Crippen LogP contribution in [0.25, 0.3) is 10.2 Å². The van der Waals surface area contributed by atoms with Gasteiger partial charge in [-0.1, -0.05) is 19.1 Å². The van der Waals surface area contributed by atoms with Gasteiger partial charge in [0.1, 0.15) is 0 Å². The highest BCUT2D eigenvalue weighted by Gasteiger charge is 2.06. The third-order valence-corrected chi connectivity index (χ3v) is 4.21. The molecular weight excluding hydrogens is 266 g/mol. The van der Waals surface area contributed by atoms with Gasteiger partial charge in [0, 0.05) is 5.69 Å². The summed E-state index contributed by atoms with van der Waals surface area (Å²) < 4.78 is 1.13. The van der Waals surface area contributed by atoms with Crippen LogP contribution in [0.2, 0.25) is 0 Å². The van der Waals surface area contributed by atoms with E-state index < -0.39 is 0 Å². The first-order chi connectivity index (χ1) is 9.65. The average Bonchev–Trinajstić information content (AvgIpc) is 2.78. The van der Waals surface area contributed by atoms with E-state index >= 15 is 0 Å². The summed E-state index contributed by atoms with van der Waals surface area (Å²) in [5.41, 5.74) is 11.2. The highest BCUT2D eigenvalue weighted by atomic mass is 32.1. The van der Waals surface area contributed by atoms with E-state index in [2.05, 4.69) is 41.5 Å². The quantitative estimate of drug-likeness (QED) is 0.696. The number of hydrogen-bond donors (Lipinski definition) is 2. The van der Waals surface area contributed by atoms with Gasteiger partial charge < -0.3 is 11.1 Å². The number of fused-ring (bicyclic) bond motifs is 1. The van der Waals surface area contributed by atoms with Gasteiger partial charge in [-0.05, 0) is 43.2 Å². The number of benzene rings is 2. The Morgan fingerprint density at radius 1 is 1.25 bits per heavy atom. The molecule has 1 aromatic heterocycles. The molecule has 0 radical (unpaired) electrons. The summed E-state index contributed by atoms with van der Waals surface area (Å²) in [4.78, 5) is 4.51. The van der Waals surface area contributed by atoms with Crippen molar-refractivity contribution in [2.75, 3.05) is 11.1 Å². The van der Waals surface area contributed by atoms with Crippen LogP contribution in [-0.4, -0.2) is 4.98 Å². The fourth-order valence-corrected chi connectivity index (χ4v) is 3.09. The molecule has 3 aromatic rings. The second kappa shape index (κ2) is 5.13. The molecular formula is C16H17N3S. The van der Waals surface area contributed by atoms with Gasteiger partial charge in [-0.15, -0.1) is 11.3 Å². The molecule has 0 aliphatic rings. The molecule has 3 nitrogen and oxygen atoms in total. The molecule has 0 bridgehead atoms. The Morgan fingerprint density at radius 3 is 2.90 bits per heavy atom.